The molecule has 1 aromatic rings. The zero-order valence-corrected chi connectivity index (χ0v) is 23.7. The molecule has 6 atom stereocenters. The molecule has 0 aromatic heterocycles. The van der Waals surface area contributed by atoms with Crippen molar-refractivity contribution in [2.45, 2.75) is 67.5 Å². The number of nitrogens with zero attached hydrogens (tertiary/aromatic N) is 2. The van der Waals surface area contributed by atoms with Crippen LogP contribution in [0.1, 0.15) is 46.0 Å². The molecular weight excluding hydrogens is 524 g/mol. The number of ether oxygens (including phenoxy) is 1. The van der Waals surface area contributed by atoms with Crippen LogP contribution < -0.4 is 4.90 Å². The van der Waals surface area contributed by atoms with Crippen LogP contribution in [0.2, 0.25) is 5.02 Å². The fourth-order valence-electron chi connectivity index (χ4n) is 6.47. The lowest BCUT2D eigenvalue weighted by Gasteiger charge is -2.39. The van der Waals surface area contributed by atoms with E-state index in [1.165, 1.54) is 4.90 Å². The third kappa shape index (κ3) is 4.69. The van der Waals surface area contributed by atoms with Gasteiger partial charge < -0.3 is 19.6 Å². The zero-order valence-electron chi connectivity index (χ0n) is 22.1. The Balaban J connectivity index is 1.72. The van der Waals surface area contributed by atoms with Gasteiger partial charge in [0.25, 0.3) is 5.91 Å². The second kappa shape index (κ2) is 11.4. The molecule has 7 nitrogen and oxygen atoms in total. The van der Waals surface area contributed by atoms with Gasteiger partial charge in [0.2, 0.25) is 5.91 Å². The van der Waals surface area contributed by atoms with Crippen LogP contribution >= 0.6 is 23.4 Å². The maximum Gasteiger partial charge on any atom is 0.311 e. The molecule has 3 fully saturated rings. The van der Waals surface area contributed by atoms with Gasteiger partial charge in [0, 0.05) is 11.3 Å². The number of allylic oxidation sites excluding steroid dienone is 1. The SMILES string of the molecule is C=CCCCCOC(=O)[C@H]1[C@H]2C(=O)N([C@H](C)CO)C(C(=O)N(CC=C)c3ccccc3Cl)C23CC[C@]1(C)S3. The monoisotopic (exact) mass is 560 g/mol. The number of aliphatic hydroxyl groups excluding tert-OH is 1. The summed E-state index contributed by atoms with van der Waals surface area (Å²) in [7, 11) is 0. The molecule has 0 saturated carbocycles. The fourth-order valence-corrected chi connectivity index (χ4v) is 9.03. The van der Waals surface area contributed by atoms with E-state index in [-0.39, 0.29) is 37.5 Å². The summed E-state index contributed by atoms with van der Waals surface area (Å²) in [6.45, 7) is 11.5. The number of hydrogen-bond acceptors (Lipinski definition) is 6. The first kappa shape index (κ1) is 28.7. The lowest BCUT2D eigenvalue weighted by atomic mass is 9.66. The van der Waals surface area contributed by atoms with Gasteiger partial charge in [-0.3, -0.25) is 14.4 Å². The molecule has 0 radical (unpaired) electrons. The molecule has 9 heteroatoms. The van der Waals surface area contributed by atoms with Crippen molar-refractivity contribution < 1.29 is 24.2 Å². The summed E-state index contributed by atoms with van der Waals surface area (Å²) in [5.41, 5.74) is 0.530. The second-order valence-electron chi connectivity index (χ2n) is 10.6. The van der Waals surface area contributed by atoms with Gasteiger partial charge in [-0.25, -0.2) is 0 Å². The molecule has 4 rings (SSSR count). The summed E-state index contributed by atoms with van der Waals surface area (Å²) in [5.74, 6) is -2.30. The Morgan fingerprint density at radius 1 is 1.29 bits per heavy atom. The predicted molar refractivity (Wildman–Crippen MR) is 151 cm³/mol. The Morgan fingerprint density at radius 3 is 2.68 bits per heavy atom. The smallest absolute Gasteiger partial charge is 0.311 e. The second-order valence-corrected chi connectivity index (χ2v) is 12.9. The third-order valence-corrected chi connectivity index (χ3v) is 10.5. The highest BCUT2D eigenvalue weighted by atomic mass is 35.5. The van der Waals surface area contributed by atoms with Gasteiger partial charge in [-0.05, 0) is 58.1 Å². The molecule has 3 heterocycles. The Kier molecular flexibility index (Phi) is 8.65. The van der Waals surface area contributed by atoms with Crippen molar-refractivity contribution >= 4 is 46.8 Å². The van der Waals surface area contributed by atoms with Gasteiger partial charge in [-0.15, -0.1) is 24.9 Å². The zero-order chi connectivity index (χ0) is 27.7. The predicted octanol–water partition coefficient (Wildman–Crippen LogP) is 4.62. The number of para-hydroxylation sites is 1. The van der Waals surface area contributed by atoms with Crippen molar-refractivity contribution in [1.29, 1.82) is 0 Å². The number of aliphatic hydroxyl groups is 1. The van der Waals surface area contributed by atoms with Crippen LogP contribution in [0.5, 0.6) is 0 Å². The maximum absolute atomic E-state index is 14.4. The number of amides is 2. The van der Waals surface area contributed by atoms with E-state index in [1.807, 2.05) is 13.0 Å². The molecule has 206 valence electrons. The minimum atomic E-state index is -0.865. The van der Waals surface area contributed by atoms with E-state index in [4.69, 9.17) is 16.3 Å². The fraction of sp³-hybridized carbons (Fsp3) is 0.552. The van der Waals surface area contributed by atoms with Crippen molar-refractivity contribution in [3.63, 3.8) is 0 Å². The van der Waals surface area contributed by atoms with Gasteiger partial charge >= 0.3 is 5.97 Å². The number of hydrogen-bond donors (Lipinski definition) is 1. The van der Waals surface area contributed by atoms with E-state index in [0.29, 0.717) is 23.6 Å². The van der Waals surface area contributed by atoms with E-state index in [1.54, 1.807) is 53.9 Å². The van der Waals surface area contributed by atoms with E-state index < -0.39 is 33.4 Å². The molecule has 0 aliphatic carbocycles. The number of likely N-dealkylation sites (tertiary alicyclic amines) is 1. The average molecular weight is 561 g/mol. The molecule has 2 amide bonds. The van der Waals surface area contributed by atoms with Crippen molar-refractivity contribution in [2.24, 2.45) is 11.8 Å². The number of thioether (sulfide) groups is 1. The van der Waals surface area contributed by atoms with E-state index >= 15 is 0 Å². The van der Waals surface area contributed by atoms with Gasteiger partial charge in [0.15, 0.2) is 0 Å². The highest BCUT2D eigenvalue weighted by molar-refractivity contribution is 8.02. The minimum Gasteiger partial charge on any atom is -0.465 e. The molecule has 38 heavy (non-hydrogen) atoms. The minimum absolute atomic E-state index is 0.202. The number of fused-ring (bicyclic) bond motifs is 1. The van der Waals surface area contributed by atoms with Crippen LogP contribution in [0.25, 0.3) is 0 Å². The quantitative estimate of drug-likeness (QED) is 0.228. The number of carbonyl (C=O) groups is 3. The topological polar surface area (TPSA) is 87.1 Å². The first-order chi connectivity index (χ1) is 18.2. The number of carbonyl (C=O) groups excluding carboxylic acids is 3. The summed E-state index contributed by atoms with van der Waals surface area (Å²) in [5, 5.41) is 10.5. The van der Waals surface area contributed by atoms with E-state index in [9.17, 15) is 19.5 Å². The van der Waals surface area contributed by atoms with Crippen LogP contribution in [0.3, 0.4) is 0 Å². The molecule has 1 spiro atoms. The van der Waals surface area contributed by atoms with E-state index in [0.717, 1.165) is 19.3 Å². The Bertz CT molecular complexity index is 1110. The largest absolute Gasteiger partial charge is 0.465 e. The van der Waals surface area contributed by atoms with Crippen LogP contribution in [0, 0.1) is 11.8 Å². The molecular formula is C29H37ClN2O5S. The number of benzene rings is 1. The van der Waals surface area contributed by atoms with Crippen molar-refractivity contribution in [3.8, 4) is 0 Å². The standard InChI is InChI=1S/C29H37ClN2O5S/c1-5-7-8-11-17-37-27(36)23-22-25(34)32(19(3)18-33)24(29(22)15-14-28(23,4)38-29)26(35)31(16-6-2)21-13-10-9-12-20(21)30/h5-6,9-10,12-13,19,22-24,33H,1-2,7-8,11,14-18H2,3-4H3/t19-,22+,23-,24?,28+,29?/m1/s1. The van der Waals surface area contributed by atoms with E-state index in [2.05, 4.69) is 13.2 Å². The van der Waals surface area contributed by atoms with Gasteiger partial charge in [0.1, 0.15) is 6.04 Å². The number of esters is 1. The molecule has 3 aliphatic rings. The highest BCUT2D eigenvalue weighted by Crippen LogP contribution is 2.71. The molecule has 1 aromatic carbocycles. The first-order valence-electron chi connectivity index (χ1n) is 13.2. The molecule has 3 aliphatic heterocycles. The Morgan fingerprint density at radius 2 is 2.03 bits per heavy atom. The molecule has 2 unspecified atom stereocenters. The van der Waals surface area contributed by atoms with Gasteiger partial charge in [-0.2, -0.15) is 0 Å². The summed E-state index contributed by atoms with van der Waals surface area (Å²) < 4.78 is 4.38. The summed E-state index contributed by atoms with van der Waals surface area (Å²) in [6, 6.07) is 5.61. The lowest BCUT2D eigenvalue weighted by molar-refractivity contribution is -0.156. The normalized spacial score (nSPS) is 30.2. The van der Waals surface area contributed by atoms with Crippen molar-refractivity contribution in [3.05, 3.63) is 54.6 Å². The Labute approximate surface area is 234 Å². The average Bonchev–Trinajstić information content (AvgIpc) is 3.47. The van der Waals surface area contributed by atoms with Crippen LogP contribution in [-0.2, 0) is 19.1 Å². The van der Waals surface area contributed by atoms with Crippen molar-refractivity contribution in [1.82, 2.24) is 4.90 Å². The number of unbranched alkanes of at least 4 members (excludes halogenated alkanes) is 2. The summed E-state index contributed by atoms with van der Waals surface area (Å²) in [6.07, 6.45) is 7.21. The molecule has 2 bridgehead atoms. The van der Waals surface area contributed by atoms with Gasteiger partial charge in [-0.1, -0.05) is 35.9 Å². The summed E-state index contributed by atoms with van der Waals surface area (Å²) in [4.78, 5) is 45.1. The van der Waals surface area contributed by atoms with Crippen molar-refractivity contribution in [2.75, 3.05) is 24.7 Å². The maximum atomic E-state index is 14.4. The highest BCUT2D eigenvalue weighted by Gasteiger charge is 2.78. The number of rotatable bonds is 12. The molecule has 1 N–H and O–H groups in total. The third-order valence-electron chi connectivity index (χ3n) is 8.21. The Hall–Kier alpha value is -2.29. The number of anilines is 1. The van der Waals surface area contributed by atoms with Crippen LogP contribution in [-0.4, -0.2) is 69.1 Å². The first-order valence-corrected chi connectivity index (χ1v) is 14.4. The van der Waals surface area contributed by atoms with Crippen LogP contribution in [0.4, 0.5) is 5.69 Å². The molecule has 3 saturated heterocycles. The lowest BCUT2D eigenvalue weighted by Crippen LogP contribution is -2.57. The van der Waals surface area contributed by atoms with Gasteiger partial charge in [0.05, 0.1) is 46.5 Å². The van der Waals surface area contributed by atoms with Crippen LogP contribution in [0.15, 0.2) is 49.6 Å². The number of halogens is 1. The summed E-state index contributed by atoms with van der Waals surface area (Å²) >= 11 is 8.07.